The van der Waals surface area contributed by atoms with E-state index in [4.69, 9.17) is 4.52 Å². The number of hydrogen-bond donors (Lipinski definition) is 1. The maximum absolute atomic E-state index is 12.1. The molecule has 2 aromatic rings. The van der Waals surface area contributed by atoms with Crippen molar-refractivity contribution in [2.24, 2.45) is 5.92 Å². The van der Waals surface area contributed by atoms with Crippen LogP contribution in [0.3, 0.4) is 0 Å². The predicted molar refractivity (Wildman–Crippen MR) is 88.5 cm³/mol. The van der Waals surface area contributed by atoms with Crippen molar-refractivity contribution >= 4 is 5.91 Å². The standard InChI is InChI=1S/C17H26N4O2/c1-6-21-13(5)15(12(4)19-21)7-8-18-17(22)16-10-14(20-23-16)9-11(2)3/h10-11H,6-9H2,1-5H3,(H,18,22). The van der Waals surface area contributed by atoms with Gasteiger partial charge in [0.2, 0.25) is 5.76 Å². The number of aryl methyl sites for hydroxylation is 2. The molecule has 0 aliphatic carbocycles. The molecule has 1 amide bonds. The number of hydrogen-bond acceptors (Lipinski definition) is 4. The van der Waals surface area contributed by atoms with Crippen LogP contribution in [-0.2, 0) is 19.4 Å². The minimum absolute atomic E-state index is 0.217. The lowest BCUT2D eigenvalue weighted by atomic mass is 10.1. The minimum Gasteiger partial charge on any atom is -0.351 e. The third-order valence-electron chi connectivity index (χ3n) is 3.89. The molecule has 0 fully saturated rings. The van der Waals surface area contributed by atoms with Gasteiger partial charge in [-0.2, -0.15) is 5.10 Å². The molecule has 0 aliphatic heterocycles. The van der Waals surface area contributed by atoms with Crippen LogP contribution < -0.4 is 5.32 Å². The summed E-state index contributed by atoms with van der Waals surface area (Å²) >= 11 is 0. The molecule has 2 heterocycles. The van der Waals surface area contributed by atoms with Gasteiger partial charge < -0.3 is 9.84 Å². The Morgan fingerprint density at radius 3 is 2.74 bits per heavy atom. The molecule has 0 radical (unpaired) electrons. The van der Waals surface area contributed by atoms with Crippen molar-refractivity contribution in [3.05, 3.63) is 34.5 Å². The molecular formula is C17H26N4O2. The number of carbonyl (C=O) groups excluding carboxylic acids is 1. The second kappa shape index (κ2) is 7.44. The van der Waals surface area contributed by atoms with Crippen molar-refractivity contribution in [2.45, 2.75) is 54.0 Å². The van der Waals surface area contributed by atoms with Crippen molar-refractivity contribution in [1.29, 1.82) is 0 Å². The molecule has 0 saturated heterocycles. The normalized spacial score (nSPS) is 11.2. The highest BCUT2D eigenvalue weighted by Crippen LogP contribution is 2.13. The molecule has 0 aliphatic rings. The van der Waals surface area contributed by atoms with Gasteiger partial charge in [0.25, 0.3) is 5.91 Å². The quantitative estimate of drug-likeness (QED) is 0.852. The van der Waals surface area contributed by atoms with E-state index in [9.17, 15) is 4.79 Å². The van der Waals surface area contributed by atoms with Crippen molar-refractivity contribution < 1.29 is 9.32 Å². The van der Waals surface area contributed by atoms with E-state index in [2.05, 4.69) is 43.3 Å². The fraction of sp³-hybridized carbons (Fsp3) is 0.588. The van der Waals surface area contributed by atoms with Gasteiger partial charge in [-0.25, -0.2) is 0 Å². The Morgan fingerprint density at radius 1 is 1.39 bits per heavy atom. The van der Waals surface area contributed by atoms with Crippen LogP contribution in [0.4, 0.5) is 0 Å². The van der Waals surface area contributed by atoms with E-state index < -0.39 is 0 Å². The summed E-state index contributed by atoms with van der Waals surface area (Å²) in [6, 6.07) is 1.72. The largest absolute Gasteiger partial charge is 0.351 e. The van der Waals surface area contributed by atoms with Crippen LogP contribution in [0.5, 0.6) is 0 Å². The molecule has 0 atom stereocenters. The number of amides is 1. The van der Waals surface area contributed by atoms with Crippen molar-refractivity contribution in [3.8, 4) is 0 Å². The highest BCUT2D eigenvalue weighted by atomic mass is 16.5. The highest BCUT2D eigenvalue weighted by molar-refractivity contribution is 5.91. The van der Waals surface area contributed by atoms with Crippen LogP contribution in [0, 0.1) is 19.8 Å². The van der Waals surface area contributed by atoms with Crippen molar-refractivity contribution in [3.63, 3.8) is 0 Å². The first-order chi connectivity index (χ1) is 10.9. The first kappa shape index (κ1) is 17.2. The fourth-order valence-corrected chi connectivity index (χ4v) is 2.73. The summed E-state index contributed by atoms with van der Waals surface area (Å²) in [6.07, 6.45) is 1.57. The summed E-state index contributed by atoms with van der Waals surface area (Å²) in [5.74, 6) is 0.543. The average molecular weight is 318 g/mol. The Balaban J connectivity index is 1.90. The van der Waals surface area contributed by atoms with Gasteiger partial charge in [0.1, 0.15) is 0 Å². The van der Waals surface area contributed by atoms with Gasteiger partial charge >= 0.3 is 0 Å². The van der Waals surface area contributed by atoms with E-state index in [1.54, 1.807) is 6.07 Å². The zero-order chi connectivity index (χ0) is 17.0. The molecular weight excluding hydrogens is 292 g/mol. The molecule has 23 heavy (non-hydrogen) atoms. The zero-order valence-corrected chi connectivity index (χ0v) is 14.6. The lowest BCUT2D eigenvalue weighted by Crippen LogP contribution is -2.25. The second-order valence-corrected chi connectivity index (χ2v) is 6.25. The zero-order valence-electron chi connectivity index (χ0n) is 14.6. The van der Waals surface area contributed by atoms with Crippen LogP contribution in [0.15, 0.2) is 10.6 Å². The smallest absolute Gasteiger partial charge is 0.289 e. The third kappa shape index (κ3) is 4.21. The third-order valence-corrected chi connectivity index (χ3v) is 3.89. The van der Waals surface area contributed by atoms with Crippen LogP contribution in [0.2, 0.25) is 0 Å². The summed E-state index contributed by atoms with van der Waals surface area (Å²) in [6.45, 7) is 11.8. The molecule has 2 rings (SSSR count). The van der Waals surface area contributed by atoms with Crippen LogP contribution in [-0.4, -0.2) is 27.4 Å². The predicted octanol–water partition coefficient (Wildman–Crippen LogP) is 2.68. The Kier molecular flexibility index (Phi) is 5.58. The minimum atomic E-state index is -0.217. The van der Waals surface area contributed by atoms with Gasteiger partial charge in [-0.05, 0) is 45.1 Å². The average Bonchev–Trinajstić information content (AvgIpc) is 3.05. The van der Waals surface area contributed by atoms with E-state index in [1.807, 2.05) is 11.6 Å². The molecule has 0 saturated carbocycles. The second-order valence-electron chi connectivity index (χ2n) is 6.25. The molecule has 0 aromatic carbocycles. The molecule has 0 bridgehead atoms. The lowest BCUT2D eigenvalue weighted by Gasteiger charge is -2.04. The summed E-state index contributed by atoms with van der Waals surface area (Å²) in [5, 5.41) is 11.3. The summed E-state index contributed by atoms with van der Waals surface area (Å²) in [7, 11) is 0. The van der Waals surface area contributed by atoms with Crippen molar-refractivity contribution in [1.82, 2.24) is 20.3 Å². The van der Waals surface area contributed by atoms with Gasteiger partial charge in [-0.3, -0.25) is 9.48 Å². The Hall–Kier alpha value is -2.11. The number of nitrogens with zero attached hydrogens (tertiary/aromatic N) is 3. The number of rotatable bonds is 7. The van der Waals surface area contributed by atoms with E-state index in [0.29, 0.717) is 12.5 Å². The molecule has 1 N–H and O–H groups in total. The summed E-state index contributed by atoms with van der Waals surface area (Å²) in [5.41, 5.74) is 4.21. The van der Waals surface area contributed by atoms with E-state index >= 15 is 0 Å². The number of carbonyl (C=O) groups is 1. The van der Waals surface area contributed by atoms with E-state index in [0.717, 1.165) is 36.5 Å². The molecule has 0 spiro atoms. The van der Waals surface area contributed by atoms with Gasteiger partial charge in [0, 0.05) is 24.8 Å². The monoisotopic (exact) mass is 318 g/mol. The number of aromatic nitrogens is 3. The van der Waals surface area contributed by atoms with Crippen LogP contribution >= 0.6 is 0 Å². The van der Waals surface area contributed by atoms with Gasteiger partial charge in [-0.1, -0.05) is 19.0 Å². The maximum Gasteiger partial charge on any atom is 0.289 e. The lowest BCUT2D eigenvalue weighted by molar-refractivity contribution is 0.0917. The van der Waals surface area contributed by atoms with Crippen LogP contribution in [0.1, 0.15) is 54.0 Å². The molecule has 6 nitrogen and oxygen atoms in total. The van der Waals surface area contributed by atoms with Gasteiger partial charge in [0.05, 0.1) is 11.4 Å². The van der Waals surface area contributed by atoms with E-state index in [-0.39, 0.29) is 11.7 Å². The first-order valence-corrected chi connectivity index (χ1v) is 8.19. The Labute approximate surface area is 137 Å². The maximum atomic E-state index is 12.1. The molecule has 126 valence electrons. The Bertz CT molecular complexity index is 670. The van der Waals surface area contributed by atoms with E-state index in [1.165, 1.54) is 5.56 Å². The first-order valence-electron chi connectivity index (χ1n) is 8.19. The van der Waals surface area contributed by atoms with Crippen molar-refractivity contribution in [2.75, 3.05) is 6.54 Å². The Morgan fingerprint density at radius 2 is 2.13 bits per heavy atom. The summed E-state index contributed by atoms with van der Waals surface area (Å²) < 4.78 is 7.11. The number of nitrogens with one attached hydrogen (secondary N) is 1. The molecule has 2 aromatic heterocycles. The fourth-order valence-electron chi connectivity index (χ4n) is 2.73. The summed E-state index contributed by atoms with van der Waals surface area (Å²) in [4.78, 5) is 12.1. The van der Waals surface area contributed by atoms with Gasteiger partial charge in [-0.15, -0.1) is 0 Å². The SMILES string of the molecule is CCn1nc(C)c(CCNC(=O)c2cc(CC(C)C)no2)c1C. The van der Waals surface area contributed by atoms with Gasteiger partial charge in [0.15, 0.2) is 0 Å². The molecule has 0 unspecified atom stereocenters. The topological polar surface area (TPSA) is 73.0 Å². The van der Waals surface area contributed by atoms with Crippen LogP contribution in [0.25, 0.3) is 0 Å². The molecule has 6 heteroatoms. The highest BCUT2D eigenvalue weighted by Gasteiger charge is 2.15.